The van der Waals surface area contributed by atoms with Gasteiger partial charge in [-0.3, -0.25) is 0 Å². The van der Waals surface area contributed by atoms with Crippen LogP contribution >= 0.6 is 0 Å². The first-order valence-corrected chi connectivity index (χ1v) is 11.3. The van der Waals surface area contributed by atoms with Crippen molar-refractivity contribution >= 4 is 6.09 Å². The smallest absolute Gasteiger partial charge is 0.409 e. The van der Waals surface area contributed by atoms with Gasteiger partial charge in [0.2, 0.25) is 0 Å². The summed E-state index contributed by atoms with van der Waals surface area (Å²) in [5, 5.41) is 63.7. The molecule has 0 radical (unpaired) electrons. The van der Waals surface area contributed by atoms with E-state index in [1.165, 1.54) is 14.1 Å². The van der Waals surface area contributed by atoms with Crippen LogP contribution in [0.4, 0.5) is 4.79 Å². The fraction of sp³-hybridized carbons (Fsp3) is 0.950. The Morgan fingerprint density at radius 1 is 0.857 bits per heavy atom. The Hall–Kier alpha value is -1.21. The van der Waals surface area contributed by atoms with Crippen LogP contribution in [0.3, 0.4) is 0 Å². The molecule has 0 spiro atoms. The number of likely N-dealkylation sites (N-methyl/N-ethyl adjacent to an activating group) is 1. The summed E-state index contributed by atoms with van der Waals surface area (Å²) in [7, 11) is 4.56. The minimum atomic E-state index is -1.72. The lowest BCUT2D eigenvalue weighted by Gasteiger charge is -2.46. The van der Waals surface area contributed by atoms with Crippen LogP contribution in [0.5, 0.6) is 0 Å². The van der Waals surface area contributed by atoms with Crippen LogP contribution in [-0.4, -0.2) is 164 Å². The predicted octanol–water partition coefficient (Wildman–Crippen LogP) is -4.43. The van der Waals surface area contributed by atoms with Crippen molar-refractivity contribution in [3.8, 4) is 0 Å². The lowest BCUT2D eigenvalue weighted by atomic mass is 9.97. The molecule has 1 amide bonds. The van der Waals surface area contributed by atoms with Crippen LogP contribution in [0.15, 0.2) is 0 Å². The van der Waals surface area contributed by atoms with E-state index in [-0.39, 0.29) is 13.2 Å². The summed E-state index contributed by atoms with van der Waals surface area (Å²) in [5.41, 5.74) is 0. The highest BCUT2D eigenvalue weighted by Gasteiger charge is 2.52. The molecule has 1 unspecified atom stereocenters. The van der Waals surface area contributed by atoms with Crippen molar-refractivity contribution in [1.82, 2.24) is 10.2 Å². The zero-order chi connectivity index (χ0) is 26.1. The van der Waals surface area contributed by atoms with Crippen LogP contribution in [0.25, 0.3) is 0 Å². The fourth-order valence-corrected chi connectivity index (χ4v) is 3.50. The first kappa shape index (κ1) is 30.0. The summed E-state index contributed by atoms with van der Waals surface area (Å²) >= 11 is 0. The third kappa shape index (κ3) is 7.88. The zero-order valence-electron chi connectivity index (χ0n) is 20.0. The van der Waals surface area contributed by atoms with Gasteiger partial charge in [0.05, 0.1) is 33.0 Å². The van der Waals surface area contributed by atoms with Crippen molar-refractivity contribution in [2.45, 2.75) is 61.4 Å². The zero-order valence-corrected chi connectivity index (χ0v) is 20.0. The van der Waals surface area contributed by atoms with Crippen LogP contribution in [0.2, 0.25) is 0 Å². The molecule has 206 valence electrons. The number of carbonyl (C=O) groups excluding carboxylic acids is 1. The maximum Gasteiger partial charge on any atom is 0.409 e. The molecule has 0 aromatic rings. The Labute approximate surface area is 203 Å². The van der Waals surface area contributed by atoms with Crippen molar-refractivity contribution < 1.29 is 63.9 Å². The lowest BCUT2D eigenvalue weighted by molar-refractivity contribution is -0.367. The molecule has 7 N–H and O–H groups in total. The van der Waals surface area contributed by atoms with Gasteiger partial charge >= 0.3 is 6.09 Å². The number of aliphatic hydroxyl groups is 6. The molecule has 0 aromatic heterocycles. The number of ether oxygens (including phenoxy) is 6. The van der Waals surface area contributed by atoms with Gasteiger partial charge in [0.15, 0.2) is 18.7 Å². The molecule has 0 bridgehead atoms. The molecule has 0 saturated carbocycles. The lowest BCUT2D eigenvalue weighted by Crippen LogP contribution is -2.65. The van der Waals surface area contributed by atoms with E-state index in [9.17, 15) is 35.4 Å². The van der Waals surface area contributed by atoms with Crippen LogP contribution in [-0.2, 0) is 28.4 Å². The molecule has 0 aromatic carbocycles. The van der Waals surface area contributed by atoms with Gasteiger partial charge in [-0.1, -0.05) is 0 Å². The van der Waals surface area contributed by atoms with E-state index in [4.69, 9.17) is 28.4 Å². The molecule has 10 atom stereocenters. The fourth-order valence-electron chi connectivity index (χ4n) is 3.50. The van der Waals surface area contributed by atoms with Gasteiger partial charge in [0.1, 0.15) is 42.7 Å². The van der Waals surface area contributed by atoms with Gasteiger partial charge < -0.3 is 69.3 Å². The second kappa shape index (κ2) is 14.5. The highest BCUT2D eigenvalue weighted by Crippen LogP contribution is 2.31. The van der Waals surface area contributed by atoms with Gasteiger partial charge in [0, 0.05) is 20.6 Å². The second-order valence-electron chi connectivity index (χ2n) is 8.34. The quantitative estimate of drug-likeness (QED) is 0.123. The minimum absolute atomic E-state index is 0.000374. The van der Waals surface area contributed by atoms with E-state index >= 15 is 0 Å². The topological polar surface area (TPSA) is 209 Å². The molecule has 2 aliphatic rings. The highest BCUT2D eigenvalue weighted by atomic mass is 16.8. The number of carbonyl (C=O) groups is 1. The predicted molar refractivity (Wildman–Crippen MR) is 115 cm³/mol. The number of hydrogen-bond donors (Lipinski definition) is 7. The Balaban J connectivity index is 2.19. The molecule has 2 saturated heterocycles. The van der Waals surface area contributed by atoms with Crippen molar-refractivity contribution in [1.29, 1.82) is 0 Å². The Morgan fingerprint density at radius 2 is 1.43 bits per heavy atom. The summed E-state index contributed by atoms with van der Waals surface area (Å²) in [4.78, 5) is 13.2. The molecule has 2 aliphatic heterocycles. The Bertz CT molecular complexity index is 630. The van der Waals surface area contributed by atoms with Crippen LogP contribution in [0, 0.1) is 0 Å². The average Bonchev–Trinajstić information content (AvgIpc) is 2.84. The molecule has 15 nitrogen and oxygen atoms in total. The molecule has 2 rings (SSSR count). The molecule has 2 heterocycles. The molecule has 35 heavy (non-hydrogen) atoms. The number of rotatable bonds is 12. The summed E-state index contributed by atoms with van der Waals surface area (Å²) in [6.07, 6.45) is -15.9. The number of aliphatic hydroxyl groups excluding tert-OH is 6. The summed E-state index contributed by atoms with van der Waals surface area (Å²) in [6.45, 7) is -0.115. The summed E-state index contributed by atoms with van der Waals surface area (Å²) in [5.74, 6) is 0. The maximum atomic E-state index is 12.1. The summed E-state index contributed by atoms with van der Waals surface area (Å²) in [6, 6.07) is 0. The minimum Gasteiger partial charge on any atom is -0.438 e. The third-order valence-electron chi connectivity index (χ3n) is 5.55. The van der Waals surface area contributed by atoms with Gasteiger partial charge in [0.25, 0.3) is 0 Å². The van der Waals surface area contributed by atoms with Crippen LogP contribution in [0.1, 0.15) is 0 Å². The SMILES string of the molecule is CNCCOCCOC1O[C@@H](CO)[C@@H](O)[C@H](O)[C@@H]1O[C@H]1O[C@H](CO)[C@@H](O)[C@H](O)[C@@H]1OC(=O)N(C)C. The number of hydrogen-bond acceptors (Lipinski definition) is 14. The molecule has 0 aliphatic carbocycles. The third-order valence-corrected chi connectivity index (χ3v) is 5.55. The molecule has 2 fully saturated rings. The van der Waals surface area contributed by atoms with E-state index < -0.39 is 80.7 Å². The maximum absolute atomic E-state index is 12.1. The normalized spacial score (nSPS) is 37.7. The second-order valence-corrected chi connectivity index (χ2v) is 8.34. The van der Waals surface area contributed by atoms with Crippen molar-refractivity contribution in [2.75, 3.05) is 60.7 Å². The van der Waals surface area contributed by atoms with Crippen LogP contribution < -0.4 is 5.32 Å². The Kier molecular flexibility index (Phi) is 12.4. The molecule has 15 heteroatoms. The van der Waals surface area contributed by atoms with E-state index in [1.54, 1.807) is 7.05 Å². The monoisotopic (exact) mass is 514 g/mol. The standard InChI is InChI=1S/C20H38N2O13/c1-21-4-5-30-6-7-31-18-16(14(27)12(25)10(8-23)32-18)34-19-17(35-20(29)22(2)3)15(28)13(26)11(9-24)33-19/h10-19,21,23-28H,4-9H2,1-3H3/t10-,11+,12+,13+,14-,15-,16-,17-,18?,19+/m0/s1. The van der Waals surface area contributed by atoms with Gasteiger partial charge in [-0.05, 0) is 7.05 Å². The van der Waals surface area contributed by atoms with E-state index in [0.29, 0.717) is 13.2 Å². The number of amides is 1. The van der Waals surface area contributed by atoms with Gasteiger partial charge in [-0.15, -0.1) is 0 Å². The number of nitrogens with zero attached hydrogens (tertiary/aromatic N) is 1. The highest BCUT2D eigenvalue weighted by molar-refractivity contribution is 5.67. The first-order chi connectivity index (χ1) is 16.7. The van der Waals surface area contributed by atoms with Crippen molar-refractivity contribution in [3.05, 3.63) is 0 Å². The van der Waals surface area contributed by atoms with Crippen molar-refractivity contribution in [2.24, 2.45) is 0 Å². The molecular formula is C20H38N2O13. The van der Waals surface area contributed by atoms with Gasteiger partial charge in [-0.25, -0.2) is 4.79 Å². The number of nitrogens with one attached hydrogen (secondary N) is 1. The summed E-state index contributed by atoms with van der Waals surface area (Å²) < 4.78 is 33.0. The first-order valence-electron chi connectivity index (χ1n) is 11.3. The van der Waals surface area contributed by atoms with Crippen molar-refractivity contribution in [3.63, 3.8) is 0 Å². The van der Waals surface area contributed by atoms with E-state index in [2.05, 4.69) is 5.32 Å². The van der Waals surface area contributed by atoms with E-state index in [0.717, 1.165) is 4.90 Å². The van der Waals surface area contributed by atoms with Gasteiger partial charge in [-0.2, -0.15) is 0 Å². The largest absolute Gasteiger partial charge is 0.438 e. The molecular weight excluding hydrogens is 476 g/mol. The Morgan fingerprint density at radius 3 is 1.97 bits per heavy atom. The average molecular weight is 515 g/mol. The van der Waals surface area contributed by atoms with E-state index in [1.807, 2.05) is 0 Å².